The number of aromatic nitrogens is 1. The number of hydrogen-bond donors (Lipinski definition) is 1. The molecule has 17 heavy (non-hydrogen) atoms. The molecule has 0 saturated carbocycles. The zero-order valence-electron chi connectivity index (χ0n) is 9.11. The van der Waals surface area contributed by atoms with Gasteiger partial charge in [0.15, 0.2) is 0 Å². The van der Waals surface area contributed by atoms with E-state index in [0.29, 0.717) is 15.4 Å². The third-order valence-electron chi connectivity index (χ3n) is 2.31. The maximum Gasteiger partial charge on any atom is 0.341 e. The number of halogens is 1. The van der Waals surface area contributed by atoms with Crippen molar-refractivity contribution in [1.82, 2.24) is 4.98 Å². The van der Waals surface area contributed by atoms with Crippen LogP contribution in [0.4, 0.5) is 0 Å². The monoisotopic (exact) mass is 295 g/mol. The number of ether oxygens (including phenoxy) is 1. The number of hydrogen-bond acceptors (Lipinski definition) is 4. The van der Waals surface area contributed by atoms with Crippen LogP contribution in [-0.4, -0.2) is 22.7 Å². The second kappa shape index (κ2) is 4.71. The maximum absolute atomic E-state index is 11.6. The van der Waals surface area contributed by atoms with Gasteiger partial charge in [-0.05, 0) is 41.1 Å². The van der Waals surface area contributed by atoms with E-state index in [1.807, 2.05) is 0 Å². The predicted molar refractivity (Wildman–Crippen MR) is 67.1 cm³/mol. The Balaban J connectivity index is 2.67. The summed E-state index contributed by atoms with van der Waals surface area (Å²) in [7, 11) is 0. The fraction of sp³-hybridized carbons (Fsp3) is 0.167. The molecular weight excluding hydrogens is 286 g/mol. The highest BCUT2D eigenvalue weighted by Crippen LogP contribution is 2.33. The van der Waals surface area contributed by atoms with Gasteiger partial charge in [0.05, 0.1) is 12.1 Å². The van der Waals surface area contributed by atoms with E-state index >= 15 is 0 Å². The fourth-order valence-corrected chi connectivity index (χ4v) is 2.10. The van der Waals surface area contributed by atoms with Gasteiger partial charge in [-0.25, -0.2) is 4.79 Å². The molecule has 0 fully saturated rings. The summed E-state index contributed by atoms with van der Waals surface area (Å²) in [6, 6.07) is 4.91. The molecular formula is C12H10BrNO3. The largest absolute Gasteiger partial charge is 0.506 e. The number of fused-ring (bicyclic) bond motifs is 1. The first kappa shape index (κ1) is 11.9. The van der Waals surface area contributed by atoms with Gasteiger partial charge in [0.2, 0.25) is 0 Å². The van der Waals surface area contributed by atoms with E-state index in [1.54, 1.807) is 25.3 Å². The van der Waals surface area contributed by atoms with Crippen LogP contribution in [0.1, 0.15) is 17.3 Å². The van der Waals surface area contributed by atoms with Gasteiger partial charge in [0.25, 0.3) is 0 Å². The molecule has 5 heteroatoms. The average molecular weight is 296 g/mol. The number of pyridine rings is 1. The molecule has 0 saturated heterocycles. The quantitative estimate of drug-likeness (QED) is 0.866. The number of carbonyl (C=O) groups is 1. The Morgan fingerprint density at radius 3 is 3.06 bits per heavy atom. The van der Waals surface area contributed by atoms with Crippen molar-refractivity contribution in [3.05, 3.63) is 34.4 Å². The molecule has 0 aliphatic carbocycles. The van der Waals surface area contributed by atoms with Crippen LogP contribution in [0.3, 0.4) is 0 Å². The highest BCUT2D eigenvalue weighted by molar-refractivity contribution is 9.10. The van der Waals surface area contributed by atoms with Crippen LogP contribution in [0.5, 0.6) is 5.75 Å². The summed E-state index contributed by atoms with van der Waals surface area (Å²) < 4.78 is 5.52. The first-order valence-electron chi connectivity index (χ1n) is 5.08. The zero-order valence-corrected chi connectivity index (χ0v) is 10.7. The van der Waals surface area contributed by atoms with Gasteiger partial charge in [-0.15, -0.1) is 0 Å². The summed E-state index contributed by atoms with van der Waals surface area (Å²) in [5, 5.41) is 10.5. The Morgan fingerprint density at radius 2 is 2.35 bits per heavy atom. The Morgan fingerprint density at radius 1 is 1.59 bits per heavy atom. The highest BCUT2D eigenvalue weighted by Gasteiger charge is 2.17. The second-order valence-corrected chi connectivity index (χ2v) is 4.23. The van der Waals surface area contributed by atoms with E-state index in [-0.39, 0.29) is 17.9 Å². The minimum atomic E-state index is -0.545. The number of rotatable bonds is 2. The van der Waals surface area contributed by atoms with Crippen LogP contribution in [0.25, 0.3) is 10.9 Å². The Hall–Kier alpha value is -1.62. The van der Waals surface area contributed by atoms with Gasteiger partial charge in [0.1, 0.15) is 11.3 Å². The van der Waals surface area contributed by atoms with Crippen LogP contribution in [0.2, 0.25) is 0 Å². The van der Waals surface area contributed by atoms with Crippen LogP contribution < -0.4 is 0 Å². The smallest absolute Gasteiger partial charge is 0.341 e. The molecule has 4 nitrogen and oxygen atoms in total. The third-order valence-corrected chi connectivity index (χ3v) is 2.92. The van der Waals surface area contributed by atoms with E-state index in [9.17, 15) is 9.90 Å². The number of carbonyl (C=O) groups excluding carboxylic acids is 1. The molecule has 0 amide bonds. The van der Waals surface area contributed by atoms with Crippen LogP contribution in [0.15, 0.2) is 28.9 Å². The molecule has 1 aromatic carbocycles. The molecule has 0 aliphatic rings. The molecule has 1 aromatic heterocycles. The van der Waals surface area contributed by atoms with E-state index in [1.165, 1.54) is 6.07 Å². The van der Waals surface area contributed by atoms with Crippen molar-refractivity contribution in [3.63, 3.8) is 0 Å². The molecule has 0 atom stereocenters. The van der Waals surface area contributed by atoms with Crippen molar-refractivity contribution < 1.29 is 14.6 Å². The standard InChI is InChI=1S/C12H10BrNO3/c1-2-17-12(16)8-6-9(13)10-7(11(8)15)4-3-5-14-10/h3-6,15H,2H2,1H3. The molecule has 0 aliphatic heterocycles. The Labute approximate surface area is 106 Å². The predicted octanol–water partition coefficient (Wildman–Crippen LogP) is 2.88. The number of phenols is 1. The van der Waals surface area contributed by atoms with Crippen molar-refractivity contribution in [3.8, 4) is 5.75 Å². The molecule has 2 aromatic rings. The highest BCUT2D eigenvalue weighted by atomic mass is 79.9. The van der Waals surface area contributed by atoms with Gasteiger partial charge >= 0.3 is 5.97 Å². The lowest BCUT2D eigenvalue weighted by Gasteiger charge is -2.08. The molecule has 88 valence electrons. The van der Waals surface area contributed by atoms with Gasteiger partial charge in [-0.2, -0.15) is 0 Å². The van der Waals surface area contributed by atoms with Gasteiger partial charge < -0.3 is 9.84 Å². The minimum absolute atomic E-state index is 0.102. The molecule has 0 bridgehead atoms. The maximum atomic E-state index is 11.6. The SMILES string of the molecule is CCOC(=O)c1cc(Br)c2ncccc2c1O. The van der Waals surface area contributed by atoms with E-state index in [4.69, 9.17) is 4.74 Å². The summed E-state index contributed by atoms with van der Waals surface area (Å²) in [4.78, 5) is 15.8. The first-order chi connectivity index (χ1) is 8.15. The summed E-state index contributed by atoms with van der Waals surface area (Å²) >= 11 is 3.32. The molecule has 0 radical (unpaired) electrons. The van der Waals surface area contributed by atoms with Crippen molar-refractivity contribution in [1.29, 1.82) is 0 Å². The Kier molecular flexibility index (Phi) is 3.28. The van der Waals surface area contributed by atoms with Gasteiger partial charge in [0, 0.05) is 16.1 Å². The van der Waals surface area contributed by atoms with Gasteiger partial charge in [-0.1, -0.05) is 0 Å². The van der Waals surface area contributed by atoms with E-state index in [0.717, 1.165) is 0 Å². The number of phenolic OH excluding ortho intramolecular Hbond substituents is 1. The van der Waals surface area contributed by atoms with Crippen molar-refractivity contribution in [2.45, 2.75) is 6.92 Å². The number of esters is 1. The van der Waals surface area contributed by atoms with Crippen molar-refractivity contribution in [2.24, 2.45) is 0 Å². The van der Waals surface area contributed by atoms with E-state index in [2.05, 4.69) is 20.9 Å². The number of benzene rings is 1. The second-order valence-electron chi connectivity index (χ2n) is 3.37. The van der Waals surface area contributed by atoms with Crippen molar-refractivity contribution in [2.75, 3.05) is 6.61 Å². The molecule has 0 spiro atoms. The molecule has 1 N–H and O–H groups in total. The van der Waals surface area contributed by atoms with Gasteiger partial charge in [-0.3, -0.25) is 4.98 Å². The van der Waals surface area contributed by atoms with Crippen LogP contribution >= 0.6 is 15.9 Å². The number of nitrogens with zero attached hydrogens (tertiary/aromatic N) is 1. The first-order valence-corrected chi connectivity index (χ1v) is 5.87. The van der Waals surface area contributed by atoms with E-state index < -0.39 is 5.97 Å². The summed E-state index contributed by atoms with van der Waals surface area (Å²) in [5.41, 5.74) is 0.747. The van der Waals surface area contributed by atoms with Crippen LogP contribution in [-0.2, 0) is 4.74 Å². The van der Waals surface area contributed by atoms with Crippen LogP contribution in [0, 0.1) is 0 Å². The molecule has 0 unspecified atom stereocenters. The average Bonchev–Trinajstić information content (AvgIpc) is 2.34. The number of aromatic hydroxyl groups is 1. The molecule has 1 heterocycles. The normalized spacial score (nSPS) is 10.5. The summed E-state index contributed by atoms with van der Waals surface area (Å²) in [5.74, 6) is -0.647. The summed E-state index contributed by atoms with van der Waals surface area (Å²) in [6.07, 6.45) is 1.62. The Bertz CT molecular complexity index is 583. The molecule has 2 rings (SSSR count). The fourth-order valence-electron chi connectivity index (χ4n) is 1.56. The zero-order chi connectivity index (χ0) is 12.4. The lowest BCUT2D eigenvalue weighted by atomic mass is 10.1. The summed E-state index contributed by atoms with van der Waals surface area (Å²) in [6.45, 7) is 1.98. The third kappa shape index (κ3) is 2.10. The topological polar surface area (TPSA) is 59.4 Å². The van der Waals surface area contributed by atoms with Crippen molar-refractivity contribution >= 4 is 32.8 Å². The lowest BCUT2D eigenvalue weighted by molar-refractivity contribution is 0.0523. The minimum Gasteiger partial charge on any atom is -0.506 e. The lowest BCUT2D eigenvalue weighted by Crippen LogP contribution is -2.05.